The molecule has 0 aliphatic rings. The van der Waals surface area contributed by atoms with E-state index in [1.165, 1.54) is 0 Å². The molecule has 1 aromatic carbocycles. The summed E-state index contributed by atoms with van der Waals surface area (Å²) in [6.07, 6.45) is 5.20. The maximum Gasteiger partial charge on any atom is 0.146 e. The Morgan fingerprint density at radius 2 is 2.12 bits per heavy atom. The summed E-state index contributed by atoms with van der Waals surface area (Å²) in [5.74, 6) is 0. The average Bonchev–Trinajstić information content (AvgIpc) is 2.30. The molecule has 2 heteroatoms. The van der Waals surface area contributed by atoms with E-state index in [1.807, 2.05) is 45.0 Å². The van der Waals surface area contributed by atoms with Crippen molar-refractivity contribution in [1.29, 1.82) is 0 Å². The molecule has 0 heterocycles. The first-order chi connectivity index (χ1) is 7.71. The first kappa shape index (κ1) is 12.4. The summed E-state index contributed by atoms with van der Waals surface area (Å²) < 4.78 is 0. The molecule has 0 atom stereocenters. The number of aldehydes is 1. The fourth-order valence-electron chi connectivity index (χ4n) is 1.49. The van der Waals surface area contributed by atoms with Crippen molar-refractivity contribution in [3.8, 4) is 0 Å². The standard InChI is InChI=1S/C14H17NO/c1-4-12(10-16)8-13-7-6-11(3)14(9-13)15-5-2/h4-7,9-10H,8H2,1-3H3/b12-4+,15-5?. The van der Waals surface area contributed by atoms with Crippen LogP contribution in [0.2, 0.25) is 0 Å². The summed E-state index contributed by atoms with van der Waals surface area (Å²) in [5, 5.41) is 0. The van der Waals surface area contributed by atoms with Gasteiger partial charge >= 0.3 is 0 Å². The third-order valence-corrected chi connectivity index (χ3v) is 2.47. The van der Waals surface area contributed by atoms with Crippen molar-refractivity contribution >= 4 is 18.2 Å². The zero-order valence-electron chi connectivity index (χ0n) is 10.0. The number of aryl methyl sites for hydroxylation is 1. The summed E-state index contributed by atoms with van der Waals surface area (Å²) in [6.45, 7) is 5.81. The highest BCUT2D eigenvalue weighted by Gasteiger charge is 2.01. The number of rotatable bonds is 4. The molecule has 0 bridgehead atoms. The van der Waals surface area contributed by atoms with Crippen molar-refractivity contribution in [3.63, 3.8) is 0 Å². The third-order valence-electron chi connectivity index (χ3n) is 2.47. The van der Waals surface area contributed by atoms with Crippen LogP contribution < -0.4 is 0 Å². The number of aliphatic imine (C=N–C) groups is 1. The van der Waals surface area contributed by atoms with Gasteiger partial charge in [-0.15, -0.1) is 0 Å². The molecule has 16 heavy (non-hydrogen) atoms. The molecule has 1 rings (SSSR count). The summed E-state index contributed by atoms with van der Waals surface area (Å²) in [6, 6.07) is 6.11. The minimum atomic E-state index is 0.673. The van der Waals surface area contributed by atoms with E-state index in [9.17, 15) is 4.79 Å². The Morgan fingerprint density at radius 3 is 2.69 bits per heavy atom. The van der Waals surface area contributed by atoms with E-state index in [1.54, 1.807) is 6.21 Å². The number of carbonyl (C=O) groups is 1. The van der Waals surface area contributed by atoms with Gasteiger partial charge in [-0.25, -0.2) is 0 Å². The van der Waals surface area contributed by atoms with Gasteiger partial charge in [0.25, 0.3) is 0 Å². The fourth-order valence-corrected chi connectivity index (χ4v) is 1.49. The first-order valence-electron chi connectivity index (χ1n) is 5.39. The van der Waals surface area contributed by atoms with E-state index in [2.05, 4.69) is 4.99 Å². The lowest BCUT2D eigenvalue weighted by molar-refractivity contribution is -0.105. The highest BCUT2D eigenvalue weighted by atomic mass is 16.1. The molecule has 0 spiro atoms. The molecule has 84 valence electrons. The van der Waals surface area contributed by atoms with Crippen LogP contribution >= 0.6 is 0 Å². The second-order valence-corrected chi connectivity index (χ2v) is 3.67. The molecular weight excluding hydrogens is 198 g/mol. The molecule has 0 radical (unpaired) electrons. The summed E-state index contributed by atoms with van der Waals surface area (Å²) in [7, 11) is 0. The molecule has 0 saturated heterocycles. The van der Waals surface area contributed by atoms with Crippen LogP contribution in [-0.4, -0.2) is 12.5 Å². The first-order valence-corrected chi connectivity index (χ1v) is 5.39. The van der Waals surface area contributed by atoms with Crippen molar-refractivity contribution in [3.05, 3.63) is 41.0 Å². The summed E-state index contributed by atoms with van der Waals surface area (Å²) >= 11 is 0. The maximum atomic E-state index is 10.7. The lowest BCUT2D eigenvalue weighted by atomic mass is 10.0. The molecule has 1 aromatic rings. The van der Waals surface area contributed by atoms with Gasteiger partial charge in [-0.3, -0.25) is 9.79 Å². The van der Waals surface area contributed by atoms with Gasteiger partial charge in [0, 0.05) is 12.6 Å². The lowest BCUT2D eigenvalue weighted by Crippen LogP contribution is -1.92. The number of benzene rings is 1. The molecule has 0 aliphatic heterocycles. The Balaban J connectivity index is 2.99. The van der Waals surface area contributed by atoms with Gasteiger partial charge in [-0.1, -0.05) is 18.2 Å². The van der Waals surface area contributed by atoms with Crippen molar-refractivity contribution in [2.45, 2.75) is 27.2 Å². The molecule has 0 saturated carbocycles. The topological polar surface area (TPSA) is 29.4 Å². The van der Waals surface area contributed by atoms with Gasteiger partial charge in [0.1, 0.15) is 6.29 Å². The number of nitrogens with zero attached hydrogens (tertiary/aromatic N) is 1. The van der Waals surface area contributed by atoms with Gasteiger partial charge < -0.3 is 0 Å². The Labute approximate surface area is 96.7 Å². The van der Waals surface area contributed by atoms with Crippen LogP contribution in [0.25, 0.3) is 0 Å². The molecule has 0 amide bonds. The van der Waals surface area contributed by atoms with Crippen molar-refractivity contribution in [1.82, 2.24) is 0 Å². The van der Waals surface area contributed by atoms with Gasteiger partial charge in [-0.2, -0.15) is 0 Å². The SMILES string of the molecule is CC=Nc1cc(C/C(C=O)=C\C)ccc1C. The third kappa shape index (κ3) is 3.16. The Morgan fingerprint density at radius 1 is 1.38 bits per heavy atom. The highest BCUT2D eigenvalue weighted by Crippen LogP contribution is 2.21. The van der Waals surface area contributed by atoms with Crippen LogP contribution in [0.5, 0.6) is 0 Å². The van der Waals surface area contributed by atoms with Gasteiger partial charge in [0.15, 0.2) is 0 Å². The van der Waals surface area contributed by atoms with Crippen LogP contribution in [0, 0.1) is 6.92 Å². The molecule has 0 N–H and O–H groups in total. The molecule has 0 unspecified atom stereocenters. The number of allylic oxidation sites excluding steroid dienone is 2. The average molecular weight is 215 g/mol. The van der Waals surface area contributed by atoms with E-state index < -0.39 is 0 Å². The minimum absolute atomic E-state index is 0.673. The monoisotopic (exact) mass is 215 g/mol. The minimum Gasteiger partial charge on any atom is -0.298 e. The molecule has 0 aromatic heterocycles. The quantitative estimate of drug-likeness (QED) is 0.430. The fraction of sp³-hybridized carbons (Fsp3) is 0.286. The Hall–Kier alpha value is -1.70. The predicted molar refractivity (Wildman–Crippen MR) is 68.5 cm³/mol. The smallest absolute Gasteiger partial charge is 0.146 e. The number of hydrogen-bond donors (Lipinski definition) is 0. The van der Waals surface area contributed by atoms with Crippen LogP contribution in [0.15, 0.2) is 34.8 Å². The molecule has 0 fully saturated rings. The van der Waals surface area contributed by atoms with Crippen LogP contribution in [0.4, 0.5) is 5.69 Å². The Bertz CT molecular complexity index is 430. The van der Waals surface area contributed by atoms with Crippen LogP contribution in [-0.2, 0) is 11.2 Å². The van der Waals surface area contributed by atoms with E-state index in [0.717, 1.165) is 28.7 Å². The zero-order chi connectivity index (χ0) is 12.0. The van der Waals surface area contributed by atoms with Crippen LogP contribution in [0.3, 0.4) is 0 Å². The van der Waals surface area contributed by atoms with Gasteiger partial charge in [0.2, 0.25) is 0 Å². The van der Waals surface area contributed by atoms with Crippen molar-refractivity contribution in [2.75, 3.05) is 0 Å². The van der Waals surface area contributed by atoms with E-state index in [-0.39, 0.29) is 0 Å². The van der Waals surface area contributed by atoms with Crippen molar-refractivity contribution < 1.29 is 4.79 Å². The predicted octanol–water partition coefficient (Wildman–Crippen LogP) is 3.40. The lowest BCUT2D eigenvalue weighted by Gasteiger charge is -2.04. The molecular formula is C14H17NO. The van der Waals surface area contributed by atoms with Gasteiger partial charge in [-0.05, 0) is 43.5 Å². The van der Waals surface area contributed by atoms with Crippen LogP contribution in [0.1, 0.15) is 25.0 Å². The van der Waals surface area contributed by atoms with Gasteiger partial charge in [0.05, 0.1) is 5.69 Å². The summed E-state index contributed by atoms with van der Waals surface area (Å²) in [5.41, 5.74) is 4.04. The maximum absolute atomic E-state index is 10.7. The van der Waals surface area contributed by atoms with E-state index in [4.69, 9.17) is 0 Å². The second-order valence-electron chi connectivity index (χ2n) is 3.67. The number of carbonyl (C=O) groups excluding carboxylic acids is 1. The highest BCUT2D eigenvalue weighted by molar-refractivity contribution is 5.74. The second kappa shape index (κ2) is 6.01. The largest absolute Gasteiger partial charge is 0.298 e. The zero-order valence-corrected chi connectivity index (χ0v) is 10.0. The number of hydrogen-bond acceptors (Lipinski definition) is 2. The van der Waals surface area contributed by atoms with Crippen molar-refractivity contribution in [2.24, 2.45) is 4.99 Å². The normalized spacial score (nSPS) is 12.1. The van der Waals surface area contributed by atoms with E-state index in [0.29, 0.717) is 6.42 Å². The Kier molecular flexibility index (Phi) is 4.65. The molecule has 2 nitrogen and oxygen atoms in total. The molecule has 0 aliphatic carbocycles. The summed E-state index contributed by atoms with van der Waals surface area (Å²) in [4.78, 5) is 15.0. The van der Waals surface area contributed by atoms with E-state index >= 15 is 0 Å².